The van der Waals surface area contributed by atoms with Crippen LogP contribution in [0.2, 0.25) is 0 Å². The fraction of sp³-hybridized carbons (Fsp3) is 0.973. The third-order valence-electron chi connectivity index (χ3n) is 12.0. The van der Waals surface area contributed by atoms with Gasteiger partial charge in [-0.15, -0.1) is 0 Å². The van der Waals surface area contributed by atoms with Crippen molar-refractivity contribution in [2.24, 2.45) is 23.5 Å². The lowest BCUT2D eigenvalue weighted by atomic mass is 9.85. The van der Waals surface area contributed by atoms with Gasteiger partial charge in [0, 0.05) is 12.5 Å². The first kappa shape index (κ1) is 45.6. The quantitative estimate of drug-likeness (QED) is 0.117. The normalized spacial score (nSPS) is 46.4. The van der Waals surface area contributed by atoms with E-state index in [0.717, 1.165) is 64.2 Å². The lowest BCUT2D eigenvalue weighted by molar-refractivity contribution is -0.379. The topological polar surface area (TPSA) is 272 Å². The standard InChI is InChI=1S/C37H68N2O15/c1-5-19-10-8-11-21(7-3)34(48)39-15-9-12-20(6-2)22(14-13-19)50-37-33(25(38)26(42)18(4)49-37)54-36-31(47)29(45)32(24(17-41)52-36)53-35-30(46)28(44)27(43)23(16-40)51-35/h18-33,35-37,40-47H,5-17,38H2,1-4H3,(H,39,48)/t18-,19?,20?,21?,22?,23+,24+,25+,26-,27+,28-,29+,30+,31+,32+,33+,35-,36+,37-/m1/s1. The molecule has 4 unspecified atom stereocenters. The molecule has 4 aliphatic heterocycles. The molecule has 0 bridgehead atoms. The second-order valence-electron chi connectivity index (χ2n) is 15.5. The van der Waals surface area contributed by atoms with Gasteiger partial charge in [0.1, 0.15) is 54.9 Å². The summed E-state index contributed by atoms with van der Waals surface area (Å²) < 4.78 is 36.1. The Kier molecular flexibility index (Phi) is 18.2. The summed E-state index contributed by atoms with van der Waals surface area (Å²) in [5.41, 5.74) is 6.55. The Hall–Kier alpha value is -1.13. The van der Waals surface area contributed by atoms with Crippen molar-refractivity contribution >= 4 is 5.91 Å². The maximum Gasteiger partial charge on any atom is 0.223 e. The van der Waals surface area contributed by atoms with Crippen LogP contribution in [0.4, 0.5) is 0 Å². The molecule has 17 nitrogen and oxygen atoms in total. The van der Waals surface area contributed by atoms with Crippen molar-refractivity contribution in [2.45, 2.75) is 190 Å². The monoisotopic (exact) mass is 780 g/mol. The number of hydrogen-bond acceptors (Lipinski definition) is 16. The van der Waals surface area contributed by atoms with Crippen LogP contribution in [0.25, 0.3) is 0 Å². The van der Waals surface area contributed by atoms with Gasteiger partial charge in [-0.05, 0) is 57.3 Å². The van der Waals surface area contributed by atoms with Crippen molar-refractivity contribution in [2.75, 3.05) is 19.8 Å². The van der Waals surface area contributed by atoms with Gasteiger partial charge < -0.3 is 80.3 Å². The third kappa shape index (κ3) is 11.1. The predicted molar refractivity (Wildman–Crippen MR) is 191 cm³/mol. The summed E-state index contributed by atoms with van der Waals surface area (Å²) in [4.78, 5) is 12.9. The third-order valence-corrected chi connectivity index (χ3v) is 12.0. The number of rotatable bonds is 11. The first-order valence-corrected chi connectivity index (χ1v) is 20.1. The SMILES string of the molecule is CCC1CCCC(CC)C(=O)NCCCC(CC)C(O[C@H]2O[C@H](C)[C@@H](O)[C@H](N)[C@@H]2O[C@@H]2O[C@@H](CO)[C@H](O[C@H]3O[C@@H](CO)[C@H](O)[C@@H](O)[C@@H]3O)[C@@H](O)[C@@H]2O)CC1. The smallest absolute Gasteiger partial charge is 0.223 e. The van der Waals surface area contributed by atoms with Crippen LogP contribution in [0.3, 0.4) is 0 Å². The van der Waals surface area contributed by atoms with E-state index in [0.29, 0.717) is 12.5 Å². The maximum absolute atomic E-state index is 12.9. The van der Waals surface area contributed by atoms with Gasteiger partial charge >= 0.3 is 0 Å². The molecular formula is C37H68N2O15. The number of nitrogens with one attached hydrogen (secondary N) is 1. The lowest BCUT2D eigenvalue weighted by Crippen LogP contribution is -2.67. The summed E-state index contributed by atoms with van der Waals surface area (Å²) in [7, 11) is 0. The van der Waals surface area contributed by atoms with Crippen molar-refractivity contribution < 1.29 is 74.1 Å². The zero-order chi connectivity index (χ0) is 39.7. The first-order valence-electron chi connectivity index (χ1n) is 20.1. The number of carbonyl (C=O) groups is 1. The molecule has 4 fully saturated rings. The fourth-order valence-corrected chi connectivity index (χ4v) is 8.23. The number of hydrogen-bond donors (Lipinski definition) is 10. The van der Waals surface area contributed by atoms with Crippen molar-refractivity contribution in [1.82, 2.24) is 5.32 Å². The minimum atomic E-state index is -1.82. The molecule has 0 aromatic carbocycles. The molecule has 1 amide bonds. The summed E-state index contributed by atoms with van der Waals surface area (Å²) in [6.45, 7) is 7.07. The fourth-order valence-electron chi connectivity index (χ4n) is 8.23. The predicted octanol–water partition coefficient (Wildman–Crippen LogP) is -1.25. The van der Waals surface area contributed by atoms with Crippen LogP contribution in [0.5, 0.6) is 0 Å². The Balaban J connectivity index is 1.51. The van der Waals surface area contributed by atoms with Gasteiger partial charge in [0.05, 0.1) is 37.6 Å². The Morgan fingerprint density at radius 3 is 1.94 bits per heavy atom. The molecule has 4 rings (SSSR count). The van der Waals surface area contributed by atoms with Crippen molar-refractivity contribution in [1.29, 1.82) is 0 Å². The van der Waals surface area contributed by atoms with Crippen LogP contribution in [0.1, 0.15) is 91.9 Å². The number of amides is 1. The molecule has 0 aliphatic carbocycles. The van der Waals surface area contributed by atoms with E-state index < -0.39 is 105 Å². The van der Waals surface area contributed by atoms with E-state index in [-0.39, 0.29) is 23.8 Å². The molecule has 0 saturated carbocycles. The second-order valence-corrected chi connectivity index (χ2v) is 15.5. The molecule has 4 saturated heterocycles. The molecule has 4 heterocycles. The van der Waals surface area contributed by atoms with Crippen LogP contribution in [-0.4, -0.2) is 165 Å². The molecule has 4 aliphatic rings. The van der Waals surface area contributed by atoms with Gasteiger partial charge in [-0.2, -0.15) is 0 Å². The highest BCUT2D eigenvalue weighted by Crippen LogP contribution is 2.35. The summed E-state index contributed by atoms with van der Waals surface area (Å²) in [5, 5.41) is 87.2. The van der Waals surface area contributed by atoms with E-state index in [1.165, 1.54) is 0 Å². The molecule has 0 spiro atoms. The van der Waals surface area contributed by atoms with Gasteiger partial charge in [-0.25, -0.2) is 0 Å². The van der Waals surface area contributed by atoms with E-state index in [1.807, 2.05) is 0 Å². The van der Waals surface area contributed by atoms with Crippen LogP contribution < -0.4 is 11.1 Å². The van der Waals surface area contributed by atoms with Gasteiger partial charge in [-0.1, -0.05) is 46.5 Å². The zero-order valence-electron chi connectivity index (χ0n) is 32.2. The van der Waals surface area contributed by atoms with Gasteiger partial charge in [0.2, 0.25) is 5.91 Å². The number of aliphatic hydroxyl groups is 8. The van der Waals surface area contributed by atoms with Crippen LogP contribution in [-0.2, 0) is 33.2 Å². The summed E-state index contributed by atoms with van der Waals surface area (Å²) >= 11 is 0. The number of ether oxygens (including phenoxy) is 6. The highest BCUT2D eigenvalue weighted by Gasteiger charge is 2.53. The Morgan fingerprint density at radius 2 is 1.31 bits per heavy atom. The highest BCUT2D eigenvalue weighted by molar-refractivity contribution is 5.78. The molecule has 11 N–H and O–H groups in total. The molecule has 54 heavy (non-hydrogen) atoms. The molecule has 17 heteroatoms. The maximum atomic E-state index is 12.9. The van der Waals surface area contributed by atoms with E-state index in [2.05, 4.69) is 26.1 Å². The Labute approximate surface area is 318 Å². The van der Waals surface area contributed by atoms with Gasteiger partial charge in [0.15, 0.2) is 18.9 Å². The lowest BCUT2D eigenvalue weighted by Gasteiger charge is -2.48. The number of carbonyl (C=O) groups excluding carboxylic acids is 1. The van der Waals surface area contributed by atoms with E-state index in [1.54, 1.807) is 6.92 Å². The van der Waals surface area contributed by atoms with Gasteiger partial charge in [-0.3, -0.25) is 4.79 Å². The molecule has 0 aromatic heterocycles. The van der Waals surface area contributed by atoms with Crippen LogP contribution in [0, 0.1) is 17.8 Å². The number of nitrogens with two attached hydrogens (primary N) is 1. The van der Waals surface area contributed by atoms with E-state index in [4.69, 9.17) is 34.2 Å². The molecule has 316 valence electrons. The molecule has 19 atom stereocenters. The van der Waals surface area contributed by atoms with Crippen LogP contribution in [0.15, 0.2) is 0 Å². The first-order chi connectivity index (χ1) is 25.8. The average Bonchev–Trinajstić information content (AvgIpc) is 3.16. The van der Waals surface area contributed by atoms with Crippen molar-refractivity contribution in [3.63, 3.8) is 0 Å². The van der Waals surface area contributed by atoms with Crippen LogP contribution >= 0.6 is 0 Å². The minimum Gasteiger partial charge on any atom is -0.394 e. The zero-order valence-corrected chi connectivity index (χ0v) is 32.2. The van der Waals surface area contributed by atoms with E-state index in [9.17, 15) is 45.6 Å². The van der Waals surface area contributed by atoms with Crippen molar-refractivity contribution in [3.05, 3.63) is 0 Å². The Bertz CT molecular complexity index is 1110. The highest BCUT2D eigenvalue weighted by atomic mass is 16.8. The second kappa shape index (κ2) is 21.6. The average molecular weight is 781 g/mol. The Morgan fingerprint density at radius 1 is 0.667 bits per heavy atom. The van der Waals surface area contributed by atoms with Crippen molar-refractivity contribution in [3.8, 4) is 0 Å². The summed E-state index contributed by atoms with van der Waals surface area (Å²) in [6, 6.07) is -1.08. The molecule has 0 radical (unpaired) electrons. The molecule has 0 aromatic rings. The summed E-state index contributed by atoms with van der Waals surface area (Å²) in [5.74, 6) is 0.643. The largest absolute Gasteiger partial charge is 0.394 e. The van der Waals surface area contributed by atoms with Gasteiger partial charge in [0.25, 0.3) is 0 Å². The minimum absolute atomic E-state index is 0.0201. The number of aliphatic hydroxyl groups excluding tert-OH is 8. The molecular weight excluding hydrogens is 712 g/mol. The van der Waals surface area contributed by atoms with E-state index >= 15 is 0 Å². The summed E-state index contributed by atoms with van der Waals surface area (Å²) in [6.07, 6.45) is -12.4.